The number of carbonyl (C=O) groups excluding carboxylic acids is 4. The molecule has 7 rings (SSSR count). The van der Waals surface area contributed by atoms with E-state index in [4.69, 9.17) is 4.74 Å². The van der Waals surface area contributed by atoms with Crippen LogP contribution in [0.4, 0.5) is 5.69 Å². The van der Waals surface area contributed by atoms with Crippen LogP contribution < -0.4 is 4.90 Å². The molecule has 1 aliphatic heterocycles. The molecule has 6 nitrogen and oxygen atoms in total. The minimum atomic E-state index is -0.671. The summed E-state index contributed by atoms with van der Waals surface area (Å²) >= 11 is 0. The summed E-state index contributed by atoms with van der Waals surface area (Å²) in [5.74, 6) is -0.536. The first-order valence-electron chi connectivity index (χ1n) is 11.0. The monoisotopic (exact) mass is 427 g/mol. The lowest BCUT2D eigenvalue weighted by Gasteiger charge is -2.37. The van der Waals surface area contributed by atoms with Crippen LogP contribution in [0.5, 0.6) is 0 Å². The van der Waals surface area contributed by atoms with Crippen molar-refractivity contribution in [1.82, 2.24) is 0 Å². The van der Waals surface area contributed by atoms with Crippen LogP contribution in [0.1, 0.15) is 27.1 Å². The molecule has 2 amide bonds. The SMILES string of the molecule is O=C(COC(=O)c1cccc(N2C(=O)[C@@H]3[C@@H]4C=C[C@H]([C@H]5C[C@H]45)[C@@H]3C2=O)c1)c1ccccc1. The third kappa shape index (κ3) is 2.79. The Bertz CT molecular complexity index is 1150. The summed E-state index contributed by atoms with van der Waals surface area (Å²) in [7, 11) is 0. The number of imide groups is 1. The van der Waals surface area contributed by atoms with E-state index in [2.05, 4.69) is 12.2 Å². The highest BCUT2D eigenvalue weighted by Crippen LogP contribution is 2.65. The third-order valence-electron chi connectivity index (χ3n) is 7.43. The first-order valence-corrected chi connectivity index (χ1v) is 11.0. The van der Waals surface area contributed by atoms with E-state index < -0.39 is 5.97 Å². The number of carbonyl (C=O) groups is 4. The van der Waals surface area contributed by atoms with Crippen molar-refractivity contribution in [3.63, 3.8) is 0 Å². The Morgan fingerprint density at radius 3 is 2.12 bits per heavy atom. The summed E-state index contributed by atoms with van der Waals surface area (Å²) in [5.41, 5.74) is 1.04. The van der Waals surface area contributed by atoms with Crippen LogP contribution >= 0.6 is 0 Å². The lowest BCUT2D eigenvalue weighted by Crippen LogP contribution is -2.40. The van der Waals surface area contributed by atoms with Crippen molar-refractivity contribution < 1.29 is 23.9 Å². The average molecular weight is 427 g/mol. The molecule has 0 N–H and O–H groups in total. The molecule has 2 bridgehead atoms. The van der Waals surface area contributed by atoms with E-state index in [0.717, 1.165) is 6.42 Å². The van der Waals surface area contributed by atoms with E-state index in [-0.39, 0.29) is 53.4 Å². The second-order valence-electron chi connectivity index (χ2n) is 9.08. The van der Waals surface area contributed by atoms with Gasteiger partial charge in [0, 0.05) is 5.56 Å². The zero-order chi connectivity index (χ0) is 22.0. The summed E-state index contributed by atoms with van der Waals surface area (Å²) in [5, 5.41) is 0. The molecule has 4 aliphatic carbocycles. The smallest absolute Gasteiger partial charge is 0.338 e. The van der Waals surface area contributed by atoms with Crippen molar-refractivity contribution in [2.75, 3.05) is 11.5 Å². The van der Waals surface area contributed by atoms with Crippen LogP contribution in [0.15, 0.2) is 66.7 Å². The fourth-order valence-electron chi connectivity index (χ4n) is 5.91. The fourth-order valence-corrected chi connectivity index (χ4v) is 5.91. The first kappa shape index (κ1) is 19.2. The van der Waals surface area contributed by atoms with E-state index in [9.17, 15) is 19.2 Å². The molecule has 5 aliphatic rings. The molecule has 6 heteroatoms. The van der Waals surface area contributed by atoms with Crippen molar-refractivity contribution in [2.45, 2.75) is 6.42 Å². The van der Waals surface area contributed by atoms with Crippen LogP contribution in [-0.2, 0) is 14.3 Å². The Morgan fingerprint density at radius 1 is 0.844 bits per heavy atom. The van der Waals surface area contributed by atoms with Gasteiger partial charge < -0.3 is 4.74 Å². The second-order valence-corrected chi connectivity index (χ2v) is 9.08. The third-order valence-corrected chi connectivity index (χ3v) is 7.43. The van der Waals surface area contributed by atoms with Gasteiger partial charge in [0.15, 0.2) is 12.4 Å². The number of amides is 2. The van der Waals surface area contributed by atoms with Crippen LogP contribution in [0.3, 0.4) is 0 Å². The van der Waals surface area contributed by atoms with Gasteiger partial charge in [-0.25, -0.2) is 9.69 Å². The van der Waals surface area contributed by atoms with Gasteiger partial charge in [0.25, 0.3) is 0 Å². The second kappa shape index (κ2) is 6.99. The average Bonchev–Trinajstić information content (AvgIpc) is 3.61. The first-order chi connectivity index (χ1) is 15.5. The molecule has 6 atom stereocenters. The van der Waals surface area contributed by atoms with Gasteiger partial charge in [0.1, 0.15) is 0 Å². The standard InChI is InChI=1S/C26H21NO5/c28-21(14-5-2-1-3-6-14)13-32-26(31)15-7-4-8-16(11-15)27-24(29)22-17-9-10-18(20-12-19(17)20)23(22)25(27)30/h1-11,17-20,22-23H,12-13H2/t17-,18-,19-,20-,22-,23+/m1/s1. The van der Waals surface area contributed by atoms with E-state index in [0.29, 0.717) is 23.1 Å². The number of ketones is 1. The zero-order valence-corrected chi connectivity index (χ0v) is 17.2. The molecular weight excluding hydrogens is 406 g/mol. The number of benzene rings is 2. The van der Waals surface area contributed by atoms with Crippen molar-refractivity contribution in [1.29, 1.82) is 0 Å². The molecule has 0 radical (unpaired) electrons. The maximum absolute atomic E-state index is 13.3. The van der Waals surface area contributed by atoms with E-state index in [1.54, 1.807) is 48.5 Å². The highest BCUT2D eigenvalue weighted by Gasteiger charge is 2.67. The number of hydrogen-bond acceptors (Lipinski definition) is 5. The molecule has 160 valence electrons. The Morgan fingerprint density at radius 2 is 1.47 bits per heavy atom. The van der Waals surface area contributed by atoms with Gasteiger partial charge in [-0.1, -0.05) is 48.6 Å². The molecule has 3 fully saturated rings. The Balaban J connectivity index is 1.20. The molecule has 1 heterocycles. The molecule has 0 spiro atoms. The number of allylic oxidation sites excluding steroid dienone is 2. The predicted octanol–water partition coefficient (Wildman–Crippen LogP) is 3.28. The summed E-state index contributed by atoms with van der Waals surface area (Å²) in [4.78, 5) is 52.5. The van der Waals surface area contributed by atoms with Gasteiger partial charge >= 0.3 is 5.97 Å². The van der Waals surface area contributed by atoms with Gasteiger partial charge in [0.05, 0.1) is 23.1 Å². The number of esters is 1. The van der Waals surface area contributed by atoms with E-state index in [1.807, 2.05) is 0 Å². The van der Waals surface area contributed by atoms with Crippen LogP contribution in [0.2, 0.25) is 0 Å². The topological polar surface area (TPSA) is 80.8 Å². The van der Waals surface area contributed by atoms with E-state index >= 15 is 0 Å². The Kier molecular flexibility index (Phi) is 4.18. The lowest BCUT2D eigenvalue weighted by atomic mass is 9.63. The van der Waals surface area contributed by atoms with Gasteiger partial charge in [-0.3, -0.25) is 14.4 Å². The van der Waals surface area contributed by atoms with Crippen molar-refractivity contribution >= 4 is 29.3 Å². The molecule has 0 unspecified atom stereocenters. The maximum Gasteiger partial charge on any atom is 0.338 e. The predicted molar refractivity (Wildman–Crippen MR) is 115 cm³/mol. The Labute approximate surface area is 184 Å². The summed E-state index contributed by atoms with van der Waals surface area (Å²) in [6.07, 6.45) is 5.37. The number of anilines is 1. The zero-order valence-electron chi connectivity index (χ0n) is 17.2. The minimum Gasteiger partial charge on any atom is -0.454 e. The number of Topliss-reactive ketones (excluding diaryl/α,β-unsaturated/α-hetero) is 1. The highest BCUT2D eigenvalue weighted by molar-refractivity contribution is 6.23. The number of rotatable bonds is 5. The summed E-state index contributed by atoms with van der Waals surface area (Å²) < 4.78 is 5.19. The Hall–Kier alpha value is -3.54. The fraction of sp³-hybridized carbons (Fsp3) is 0.308. The minimum absolute atomic E-state index is 0.147. The molecule has 2 aromatic carbocycles. The van der Waals surface area contributed by atoms with Crippen LogP contribution in [0.25, 0.3) is 0 Å². The van der Waals surface area contributed by atoms with E-state index in [1.165, 1.54) is 11.0 Å². The summed E-state index contributed by atoms with van der Waals surface area (Å²) in [6, 6.07) is 14.9. The molecule has 32 heavy (non-hydrogen) atoms. The van der Waals surface area contributed by atoms with Crippen LogP contribution in [-0.4, -0.2) is 30.2 Å². The molecular formula is C26H21NO5. The largest absolute Gasteiger partial charge is 0.454 e. The quantitative estimate of drug-likeness (QED) is 0.317. The van der Waals surface area contributed by atoms with Gasteiger partial charge in [-0.15, -0.1) is 0 Å². The highest BCUT2D eigenvalue weighted by atomic mass is 16.5. The maximum atomic E-state index is 13.3. The van der Waals surface area contributed by atoms with Gasteiger partial charge in [0.2, 0.25) is 11.8 Å². The van der Waals surface area contributed by atoms with Gasteiger partial charge in [-0.05, 0) is 48.3 Å². The lowest BCUT2D eigenvalue weighted by molar-refractivity contribution is -0.124. The normalized spacial score (nSPS) is 31.3. The molecule has 2 saturated carbocycles. The van der Waals surface area contributed by atoms with Crippen molar-refractivity contribution in [3.05, 3.63) is 77.9 Å². The molecule has 2 aromatic rings. The van der Waals surface area contributed by atoms with Crippen molar-refractivity contribution in [3.8, 4) is 0 Å². The van der Waals surface area contributed by atoms with Crippen LogP contribution in [0, 0.1) is 35.5 Å². The van der Waals surface area contributed by atoms with Gasteiger partial charge in [-0.2, -0.15) is 0 Å². The molecule has 0 aromatic heterocycles. The number of nitrogens with zero attached hydrogens (tertiary/aromatic N) is 1. The summed E-state index contributed by atoms with van der Waals surface area (Å²) in [6.45, 7) is -0.378. The molecule has 1 saturated heterocycles. The number of hydrogen-bond donors (Lipinski definition) is 0. The number of ether oxygens (including phenoxy) is 1. The van der Waals surface area contributed by atoms with Crippen molar-refractivity contribution in [2.24, 2.45) is 35.5 Å².